The Morgan fingerprint density at radius 1 is 1.04 bits per heavy atom. The van der Waals surface area contributed by atoms with E-state index in [1.807, 2.05) is 37.3 Å². The normalized spacial score (nSPS) is 10.4. The monoisotopic (exact) mass is 366 g/mol. The van der Waals surface area contributed by atoms with E-state index < -0.39 is 5.91 Å². The molecular weight excluding hydrogens is 348 g/mol. The maximum atomic E-state index is 12.7. The zero-order valence-electron chi connectivity index (χ0n) is 14.4. The Balaban J connectivity index is 2.04. The third-order valence-electron chi connectivity index (χ3n) is 3.97. The topological polar surface area (TPSA) is 81.4 Å². The molecule has 0 saturated carbocycles. The maximum absolute atomic E-state index is 12.7. The van der Waals surface area contributed by atoms with Crippen molar-refractivity contribution in [2.45, 2.75) is 6.92 Å². The van der Waals surface area contributed by atoms with Gasteiger partial charge in [0.25, 0.3) is 11.8 Å². The largest absolute Gasteiger partial charge is 0.496 e. The number of nitrogens with two attached hydrogens (primary N) is 1. The van der Waals surface area contributed by atoms with Crippen molar-refractivity contribution in [3.05, 3.63) is 70.6 Å². The summed E-state index contributed by atoms with van der Waals surface area (Å²) in [4.78, 5) is 25.7. The van der Waals surface area contributed by atoms with Gasteiger partial charge in [0.2, 0.25) is 0 Å². The van der Waals surface area contributed by atoms with Crippen LogP contribution >= 0.6 is 11.3 Å². The lowest BCUT2D eigenvalue weighted by molar-refractivity contribution is 0.100. The lowest BCUT2D eigenvalue weighted by Gasteiger charge is -2.09. The standard InChI is InChI=1S/C20H18N2O3S/c1-12-16(13-8-4-3-5-9-13)17(18(21)23)20(26-12)22-19(24)14-10-6-7-11-15(14)25-2/h3-11H,1-2H3,(H2,21,23)(H,22,24). The molecule has 1 aromatic heterocycles. The summed E-state index contributed by atoms with van der Waals surface area (Å²) in [6, 6.07) is 16.4. The lowest BCUT2D eigenvalue weighted by atomic mass is 10.0. The van der Waals surface area contributed by atoms with Gasteiger partial charge in [-0.1, -0.05) is 42.5 Å². The zero-order valence-corrected chi connectivity index (χ0v) is 15.2. The van der Waals surface area contributed by atoms with E-state index in [-0.39, 0.29) is 5.91 Å². The van der Waals surface area contributed by atoms with Crippen LogP contribution in [0, 0.1) is 6.92 Å². The number of hydrogen-bond donors (Lipinski definition) is 2. The molecule has 2 amide bonds. The molecule has 0 atom stereocenters. The SMILES string of the molecule is COc1ccccc1C(=O)Nc1sc(C)c(-c2ccccc2)c1C(N)=O. The van der Waals surface area contributed by atoms with Gasteiger partial charge in [0.15, 0.2) is 0 Å². The summed E-state index contributed by atoms with van der Waals surface area (Å²) < 4.78 is 5.23. The summed E-state index contributed by atoms with van der Waals surface area (Å²) in [5.41, 5.74) is 7.97. The van der Waals surface area contributed by atoms with Crippen LogP contribution in [0.5, 0.6) is 5.75 Å². The maximum Gasteiger partial charge on any atom is 0.260 e. The minimum Gasteiger partial charge on any atom is -0.496 e. The second-order valence-electron chi connectivity index (χ2n) is 5.62. The number of hydrogen-bond acceptors (Lipinski definition) is 4. The van der Waals surface area contributed by atoms with Gasteiger partial charge in [-0.25, -0.2) is 0 Å². The smallest absolute Gasteiger partial charge is 0.260 e. The molecule has 3 aromatic rings. The van der Waals surface area contributed by atoms with Gasteiger partial charge in [-0.2, -0.15) is 0 Å². The number of para-hydroxylation sites is 1. The van der Waals surface area contributed by atoms with Crippen molar-refractivity contribution in [2.24, 2.45) is 5.73 Å². The minimum atomic E-state index is -0.580. The van der Waals surface area contributed by atoms with Crippen LogP contribution in [-0.4, -0.2) is 18.9 Å². The summed E-state index contributed by atoms with van der Waals surface area (Å²) in [6.45, 7) is 1.90. The van der Waals surface area contributed by atoms with Gasteiger partial charge >= 0.3 is 0 Å². The molecule has 0 bridgehead atoms. The molecular formula is C20H18N2O3S. The van der Waals surface area contributed by atoms with Gasteiger partial charge in [0.05, 0.1) is 18.2 Å². The molecule has 3 rings (SSSR count). The Kier molecular flexibility index (Phi) is 5.04. The average Bonchev–Trinajstić information content (AvgIpc) is 2.98. The van der Waals surface area contributed by atoms with Crippen molar-refractivity contribution in [2.75, 3.05) is 12.4 Å². The molecule has 0 radical (unpaired) electrons. The molecule has 5 nitrogen and oxygen atoms in total. The first-order chi connectivity index (χ1) is 12.5. The van der Waals surface area contributed by atoms with Crippen molar-refractivity contribution >= 4 is 28.2 Å². The van der Waals surface area contributed by atoms with Gasteiger partial charge in [-0.3, -0.25) is 9.59 Å². The Morgan fingerprint density at radius 2 is 1.69 bits per heavy atom. The van der Waals surface area contributed by atoms with E-state index in [0.29, 0.717) is 21.9 Å². The Morgan fingerprint density at radius 3 is 2.35 bits per heavy atom. The van der Waals surface area contributed by atoms with Crippen molar-refractivity contribution < 1.29 is 14.3 Å². The summed E-state index contributed by atoms with van der Waals surface area (Å²) in [7, 11) is 1.50. The fourth-order valence-electron chi connectivity index (χ4n) is 2.82. The van der Waals surface area contributed by atoms with Crippen molar-refractivity contribution in [3.63, 3.8) is 0 Å². The first kappa shape index (κ1) is 17.7. The highest BCUT2D eigenvalue weighted by atomic mass is 32.1. The van der Waals surface area contributed by atoms with Crippen LogP contribution in [0.25, 0.3) is 11.1 Å². The van der Waals surface area contributed by atoms with Gasteiger partial charge < -0.3 is 15.8 Å². The van der Waals surface area contributed by atoms with E-state index in [0.717, 1.165) is 16.0 Å². The second kappa shape index (κ2) is 7.41. The highest BCUT2D eigenvalue weighted by Gasteiger charge is 2.23. The van der Waals surface area contributed by atoms with Gasteiger partial charge in [-0.15, -0.1) is 11.3 Å². The van der Waals surface area contributed by atoms with Crippen LogP contribution < -0.4 is 15.8 Å². The predicted octanol–water partition coefficient (Wildman–Crippen LogP) is 4.08. The van der Waals surface area contributed by atoms with Crippen LogP contribution in [-0.2, 0) is 0 Å². The highest BCUT2D eigenvalue weighted by Crippen LogP contribution is 2.40. The lowest BCUT2D eigenvalue weighted by Crippen LogP contribution is -2.17. The number of anilines is 1. The molecule has 2 aromatic carbocycles. The molecule has 0 fully saturated rings. The molecule has 0 aliphatic heterocycles. The summed E-state index contributed by atoms with van der Waals surface area (Å²) in [5.74, 6) is -0.475. The van der Waals surface area contributed by atoms with E-state index in [4.69, 9.17) is 10.5 Å². The van der Waals surface area contributed by atoms with E-state index in [1.165, 1.54) is 18.4 Å². The third kappa shape index (κ3) is 3.32. The summed E-state index contributed by atoms with van der Waals surface area (Å²) in [5, 5.41) is 3.25. The quantitative estimate of drug-likeness (QED) is 0.714. The molecule has 0 unspecified atom stereocenters. The van der Waals surface area contributed by atoms with Crippen LogP contribution in [0.1, 0.15) is 25.6 Å². The fraction of sp³-hybridized carbons (Fsp3) is 0.100. The Hall–Kier alpha value is -3.12. The number of carbonyl (C=O) groups excluding carboxylic acids is 2. The number of ether oxygens (including phenoxy) is 1. The van der Waals surface area contributed by atoms with Gasteiger partial charge in [-0.05, 0) is 24.6 Å². The predicted molar refractivity (Wildman–Crippen MR) is 104 cm³/mol. The number of methoxy groups -OCH3 is 1. The van der Waals surface area contributed by atoms with Crippen LogP contribution in [0.15, 0.2) is 54.6 Å². The molecule has 0 spiro atoms. The third-order valence-corrected chi connectivity index (χ3v) is 4.99. The summed E-state index contributed by atoms with van der Waals surface area (Å²) >= 11 is 1.33. The van der Waals surface area contributed by atoms with E-state index >= 15 is 0 Å². The molecule has 0 aliphatic rings. The first-order valence-corrected chi connectivity index (χ1v) is 8.77. The van der Waals surface area contributed by atoms with E-state index in [9.17, 15) is 9.59 Å². The number of benzene rings is 2. The number of nitrogens with one attached hydrogen (secondary N) is 1. The van der Waals surface area contributed by atoms with Crippen LogP contribution in [0.2, 0.25) is 0 Å². The Bertz CT molecular complexity index is 964. The second-order valence-corrected chi connectivity index (χ2v) is 6.85. The fourth-order valence-corrected chi connectivity index (χ4v) is 3.90. The molecule has 0 aliphatic carbocycles. The molecule has 0 saturated heterocycles. The van der Waals surface area contributed by atoms with E-state index in [1.54, 1.807) is 24.3 Å². The first-order valence-electron chi connectivity index (χ1n) is 7.96. The van der Waals surface area contributed by atoms with Crippen molar-refractivity contribution in [3.8, 4) is 16.9 Å². The van der Waals surface area contributed by atoms with Crippen molar-refractivity contribution in [1.29, 1.82) is 0 Å². The van der Waals surface area contributed by atoms with E-state index in [2.05, 4.69) is 5.32 Å². The highest BCUT2D eigenvalue weighted by molar-refractivity contribution is 7.17. The number of thiophene rings is 1. The molecule has 3 N–H and O–H groups in total. The van der Waals surface area contributed by atoms with Crippen LogP contribution in [0.3, 0.4) is 0 Å². The molecule has 132 valence electrons. The molecule has 6 heteroatoms. The number of rotatable bonds is 5. The number of aryl methyl sites for hydroxylation is 1. The van der Waals surface area contributed by atoms with Crippen LogP contribution in [0.4, 0.5) is 5.00 Å². The zero-order chi connectivity index (χ0) is 18.7. The number of amides is 2. The minimum absolute atomic E-state index is 0.321. The molecule has 26 heavy (non-hydrogen) atoms. The summed E-state index contributed by atoms with van der Waals surface area (Å²) in [6.07, 6.45) is 0. The molecule has 1 heterocycles. The number of carbonyl (C=O) groups is 2. The number of primary amides is 1. The van der Waals surface area contributed by atoms with Crippen molar-refractivity contribution in [1.82, 2.24) is 0 Å². The Labute approximate surface area is 155 Å². The van der Waals surface area contributed by atoms with Gasteiger partial charge in [0.1, 0.15) is 10.8 Å². The average molecular weight is 366 g/mol. The van der Waals surface area contributed by atoms with Gasteiger partial charge in [0, 0.05) is 10.4 Å².